The van der Waals surface area contributed by atoms with Gasteiger partial charge in [0.2, 0.25) is 0 Å². The van der Waals surface area contributed by atoms with Crippen molar-refractivity contribution in [2.75, 3.05) is 11.9 Å². The van der Waals surface area contributed by atoms with E-state index in [4.69, 9.17) is 0 Å². The Balaban J connectivity index is 2.59. The van der Waals surface area contributed by atoms with Gasteiger partial charge < -0.3 is 5.32 Å². The van der Waals surface area contributed by atoms with Crippen LogP contribution in [0.4, 0.5) is 14.5 Å². The van der Waals surface area contributed by atoms with Gasteiger partial charge in [-0.1, -0.05) is 19.1 Å². The van der Waals surface area contributed by atoms with Crippen molar-refractivity contribution in [3.05, 3.63) is 29.8 Å². The molecule has 0 bridgehead atoms. The number of anilines is 1. The summed E-state index contributed by atoms with van der Waals surface area (Å²) in [7, 11) is 0. The van der Waals surface area contributed by atoms with E-state index in [1.165, 1.54) is 12.1 Å². The molecule has 0 atom stereocenters. The smallest absolute Gasteiger partial charge is 0.263 e. The van der Waals surface area contributed by atoms with E-state index in [-0.39, 0.29) is 5.56 Å². The maximum atomic E-state index is 12.1. The lowest BCUT2D eigenvalue weighted by molar-refractivity contribution is 0.151. The molecule has 0 spiro atoms. The highest BCUT2D eigenvalue weighted by Gasteiger charge is 2.04. The van der Waals surface area contributed by atoms with Gasteiger partial charge in [-0.15, -0.1) is 0 Å². The summed E-state index contributed by atoms with van der Waals surface area (Å²) in [6.07, 6.45) is -1.35. The molecule has 1 nitrogen and oxygen atoms in total. The zero-order valence-corrected chi connectivity index (χ0v) is 7.56. The molecular formula is C10H13F2N. The normalized spacial score (nSPS) is 10.5. The third-order valence-corrected chi connectivity index (χ3v) is 1.74. The molecule has 0 saturated heterocycles. The topological polar surface area (TPSA) is 12.0 Å². The molecule has 1 N–H and O–H groups in total. The maximum Gasteiger partial charge on any atom is 0.263 e. The lowest BCUT2D eigenvalue weighted by Gasteiger charge is -2.05. The average molecular weight is 185 g/mol. The Bertz CT molecular complexity index is 244. The standard InChI is InChI=1S/C10H13F2N/c1-2-7-13-9-5-3-8(4-6-9)10(11)12/h3-6,10,13H,2,7H2,1H3. The molecule has 13 heavy (non-hydrogen) atoms. The SMILES string of the molecule is CCCNc1ccc(C(F)F)cc1. The van der Waals surface area contributed by atoms with Gasteiger partial charge in [0.25, 0.3) is 6.43 Å². The molecule has 0 aromatic heterocycles. The molecule has 72 valence electrons. The van der Waals surface area contributed by atoms with E-state index >= 15 is 0 Å². The fourth-order valence-corrected chi connectivity index (χ4v) is 1.02. The zero-order valence-electron chi connectivity index (χ0n) is 7.56. The van der Waals surface area contributed by atoms with Gasteiger partial charge in [0, 0.05) is 17.8 Å². The van der Waals surface area contributed by atoms with Crippen molar-refractivity contribution >= 4 is 5.69 Å². The Labute approximate surface area is 76.8 Å². The van der Waals surface area contributed by atoms with Crippen LogP contribution in [0, 0.1) is 0 Å². The Kier molecular flexibility index (Phi) is 3.68. The van der Waals surface area contributed by atoms with Gasteiger partial charge in [0.05, 0.1) is 0 Å². The van der Waals surface area contributed by atoms with Gasteiger partial charge in [-0.3, -0.25) is 0 Å². The van der Waals surface area contributed by atoms with Crippen molar-refractivity contribution in [1.82, 2.24) is 0 Å². The lowest BCUT2D eigenvalue weighted by Crippen LogP contribution is -1.99. The summed E-state index contributed by atoms with van der Waals surface area (Å²) < 4.78 is 24.3. The summed E-state index contributed by atoms with van der Waals surface area (Å²) in [4.78, 5) is 0. The minimum atomic E-state index is -2.37. The van der Waals surface area contributed by atoms with E-state index < -0.39 is 6.43 Å². The van der Waals surface area contributed by atoms with Gasteiger partial charge in [-0.25, -0.2) is 8.78 Å². The van der Waals surface area contributed by atoms with Crippen molar-refractivity contribution in [1.29, 1.82) is 0 Å². The van der Waals surface area contributed by atoms with Gasteiger partial charge in [-0.05, 0) is 18.6 Å². The summed E-state index contributed by atoms with van der Waals surface area (Å²) >= 11 is 0. The summed E-state index contributed by atoms with van der Waals surface area (Å²) in [6, 6.07) is 6.25. The Morgan fingerprint density at radius 3 is 2.31 bits per heavy atom. The summed E-state index contributed by atoms with van der Waals surface area (Å²) in [5, 5.41) is 3.12. The molecule has 0 amide bonds. The zero-order chi connectivity index (χ0) is 9.68. The van der Waals surface area contributed by atoms with Crippen LogP contribution in [0.15, 0.2) is 24.3 Å². The van der Waals surface area contributed by atoms with Crippen molar-refractivity contribution in [3.63, 3.8) is 0 Å². The van der Waals surface area contributed by atoms with Crippen molar-refractivity contribution in [3.8, 4) is 0 Å². The summed E-state index contributed by atoms with van der Waals surface area (Å²) in [6.45, 7) is 2.93. The van der Waals surface area contributed by atoms with Crippen LogP contribution in [-0.4, -0.2) is 6.54 Å². The van der Waals surface area contributed by atoms with Crippen LogP contribution in [0.25, 0.3) is 0 Å². The molecule has 1 aromatic rings. The number of benzene rings is 1. The molecule has 0 aliphatic heterocycles. The van der Waals surface area contributed by atoms with Crippen LogP contribution in [0.3, 0.4) is 0 Å². The minimum Gasteiger partial charge on any atom is -0.385 e. The fraction of sp³-hybridized carbons (Fsp3) is 0.400. The Morgan fingerprint density at radius 2 is 1.85 bits per heavy atom. The summed E-state index contributed by atoms with van der Waals surface area (Å²) in [5.74, 6) is 0. The quantitative estimate of drug-likeness (QED) is 0.757. The Hall–Kier alpha value is -1.12. The summed E-state index contributed by atoms with van der Waals surface area (Å²) in [5.41, 5.74) is 0.966. The molecule has 0 aliphatic rings. The van der Waals surface area contributed by atoms with Gasteiger partial charge >= 0.3 is 0 Å². The van der Waals surface area contributed by atoms with E-state index in [1.807, 2.05) is 0 Å². The van der Waals surface area contributed by atoms with E-state index in [9.17, 15) is 8.78 Å². The van der Waals surface area contributed by atoms with Crippen LogP contribution in [0.2, 0.25) is 0 Å². The van der Waals surface area contributed by atoms with E-state index in [1.54, 1.807) is 12.1 Å². The number of rotatable bonds is 4. The average Bonchev–Trinajstić information content (AvgIpc) is 2.15. The van der Waals surface area contributed by atoms with E-state index in [0.717, 1.165) is 18.7 Å². The molecule has 0 radical (unpaired) electrons. The largest absolute Gasteiger partial charge is 0.385 e. The van der Waals surface area contributed by atoms with Crippen LogP contribution in [0.5, 0.6) is 0 Å². The fourth-order valence-electron chi connectivity index (χ4n) is 1.02. The van der Waals surface area contributed by atoms with Crippen LogP contribution < -0.4 is 5.32 Å². The van der Waals surface area contributed by atoms with E-state index in [0.29, 0.717) is 0 Å². The molecule has 1 aromatic carbocycles. The molecular weight excluding hydrogens is 172 g/mol. The minimum absolute atomic E-state index is 0.0713. The second-order valence-corrected chi connectivity index (χ2v) is 2.85. The van der Waals surface area contributed by atoms with Crippen molar-refractivity contribution in [2.45, 2.75) is 19.8 Å². The second kappa shape index (κ2) is 4.80. The predicted octanol–water partition coefficient (Wildman–Crippen LogP) is 3.45. The first-order chi connectivity index (χ1) is 6.24. The monoisotopic (exact) mass is 185 g/mol. The number of halogens is 2. The number of hydrogen-bond acceptors (Lipinski definition) is 1. The highest BCUT2D eigenvalue weighted by molar-refractivity contribution is 5.44. The molecule has 1 rings (SSSR count). The molecule has 0 aliphatic carbocycles. The van der Waals surface area contributed by atoms with Crippen LogP contribution in [0.1, 0.15) is 25.3 Å². The van der Waals surface area contributed by atoms with E-state index in [2.05, 4.69) is 12.2 Å². The molecule has 0 heterocycles. The second-order valence-electron chi connectivity index (χ2n) is 2.85. The van der Waals surface area contributed by atoms with Gasteiger partial charge in [0.1, 0.15) is 0 Å². The van der Waals surface area contributed by atoms with Crippen molar-refractivity contribution in [2.24, 2.45) is 0 Å². The molecule has 0 saturated carbocycles. The highest BCUT2D eigenvalue weighted by Crippen LogP contribution is 2.20. The number of alkyl halides is 2. The molecule has 0 fully saturated rings. The number of hydrogen-bond donors (Lipinski definition) is 1. The highest BCUT2D eigenvalue weighted by atomic mass is 19.3. The van der Waals surface area contributed by atoms with Crippen LogP contribution in [-0.2, 0) is 0 Å². The maximum absolute atomic E-state index is 12.1. The first kappa shape index (κ1) is 9.96. The first-order valence-corrected chi connectivity index (χ1v) is 4.36. The molecule has 0 unspecified atom stereocenters. The van der Waals surface area contributed by atoms with Gasteiger partial charge in [-0.2, -0.15) is 0 Å². The third-order valence-electron chi connectivity index (χ3n) is 1.74. The van der Waals surface area contributed by atoms with Crippen molar-refractivity contribution < 1.29 is 8.78 Å². The Morgan fingerprint density at radius 1 is 1.23 bits per heavy atom. The third kappa shape index (κ3) is 3.01. The van der Waals surface area contributed by atoms with Crippen LogP contribution >= 0.6 is 0 Å². The number of nitrogens with one attached hydrogen (secondary N) is 1. The van der Waals surface area contributed by atoms with Gasteiger partial charge in [0.15, 0.2) is 0 Å². The lowest BCUT2D eigenvalue weighted by atomic mass is 10.2. The first-order valence-electron chi connectivity index (χ1n) is 4.36. The molecule has 3 heteroatoms. The predicted molar refractivity (Wildman–Crippen MR) is 50.2 cm³/mol.